The lowest BCUT2D eigenvalue weighted by Gasteiger charge is -2.25. The van der Waals surface area contributed by atoms with Crippen LogP contribution in [0.25, 0.3) is 0 Å². The first-order chi connectivity index (χ1) is 13.2. The third kappa shape index (κ3) is 6.49. The van der Waals surface area contributed by atoms with Crippen molar-refractivity contribution in [3.63, 3.8) is 0 Å². The minimum atomic E-state index is 0. The molecule has 1 unspecified atom stereocenters. The number of hydrogen-bond donors (Lipinski definition) is 1. The van der Waals surface area contributed by atoms with Crippen LogP contribution in [0.4, 0.5) is 0 Å². The smallest absolute Gasteiger partial charge is 0.193 e. The lowest BCUT2D eigenvalue weighted by atomic mass is 9.87. The number of nitrogens with zero attached hydrogens (tertiary/aromatic N) is 2. The lowest BCUT2D eigenvalue weighted by Crippen LogP contribution is -2.41. The summed E-state index contributed by atoms with van der Waals surface area (Å²) in [5.74, 6) is 1.91. The summed E-state index contributed by atoms with van der Waals surface area (Å²) in [5.41, 5.74) is 1.52. The number of nitrogens with one attached hydrogen (secondary N) is 1. The van der Waals surface area contributed by atoms with Crippen molar-refractivity contribution >= 4 is 29.9 Å². The molecular weight excluding hydrogens is 469 g/mol. The summed E-state index contributed by atoms with van der Waals surface area (Å²) in [6.45, 7) is 9.09. The molecule has 0 amide bonds. The molecule has 6 nitrogen and oxygen atoms in total. The zero-order valence-corrected chi connectivity index (χ0v) is 19.4. The average molecular weight is 503 g/mol. The second-order valence-corrected chi connectivity index (χ2v) is 7.46. The molecule has 2 aliphatic heterocycles. The highest BCUT2D eigenvalue weighted by Gasteiger charge is 2.42. The topological polar surface area (TPSA) is 55.3 Å². The molecule has 0 aromatic heterocycles. The fraction of sp³-hybridized carbons (Fsp3) is 0.667. The summed E-state index contributed by atoms with van der Waals surface area (Å²) in [6, 6.07) is 8.00. The highest BCUT2D eigenvalue weighted by molar-refractivity contribution is 14.0. The maximum Gasteiger partial charge on any atom is 0.193 e. The van der Waals surface area contributed by atoms with Gasteiger partial charge in [-0.3, -0.25) is 4.99 Å². The Kier molecular flexibility index (Phi) is 9.81. The van der Waals surface area contributed by atoms with Crippen molar-refractivity contribution in [1.29, 1.82) is 0 Å². The monoisotopic (exact) mass is 503 g/mol. The molecule has 1 spiro atoms. The third-order valence-corrected chi connectivity index (χ3v) is 5.39. The van der Waals surface area contributed by atoms with Crippen molar-refractivity contribution in [1.82, 2.24) is 10.2 Å². The first-order valence-corrected chi connectivity index (χ1v) is 10.1. The molecule has 1 N–H and O–H groups in total. The van der Waals surface area contributed by atoms with Gasteiger partial charge < -0.3 is 24.4 Å². The van der Waals surface area contributed by atoms with E-state index < -0.39 is 0 Å². The minimum Gasteiger partial charge on any atom is -0.497 e. The molecular formula is C21H34IN3O3. The van der Waals surface area contributed by atoms with Gasteiger partial charge in [-0.25, -0.2) is 0 Å². The van der Waals surface area contributed by atoms with Gasteiger partial charge in [0.05, 0.1) is 20.3 Å². The van der Waals surface area contributed by atoms with Gasteiger partial charge in [-0.05, 0) is 43.9 Å². The Morgan fingerprint density at radius 2 is 2.11 bits per heavy atom. The van der Waals surface area contributed by atoms with Crippen molar-refractivity contribution in [3.8, 4) is 5.75 Å². The molecule has 0 saturated carbocycles. The van der Waals surface area contributed by atoms with Crippen LogP contribution < -0.4 is 10.1 Å². The second kappa shape index (κ2) is 11.8. The summed E-state index contributed by atoms with van der Waals surface area (Å²) in [4.78, 5) is 7.21. The number of halogens is 1. The normalized spacial score (nSPS) is 21.8. The molecule has 2 heterocycles. The first-order valence-electron chi connectivity index (χ1n) is 10.1. The van der Waals surface area contributed by atoms with Gasteiger partial charge in [-0.2, -0.15) is 0 Å². The number of benzene rings is 1. The zero-order chi connectivity index (χ0) is 19.0. The van der Waals surface area contributed by atoms with Gasteiger partial charge in [0, 0.05) is 44.8 Å². The fourth-order valence-electron chi connectivity index (χ4n) is 3.78. The zero-order valence-electron chi connectivity index (χ0n) is 17.1. The number of likely N-dealkylation sites (tertiary alicyclic amines) is 1. The molecule has 3 rings (SSSR count). The largest absolute Gasteiger partial charge is 0.497 e. The fourth-order valence-corrected chi connectivity index (χ4v) is 3.78. The molecule has 1 atom stereocenters. The molecule has 1 aromatic rings. The van der Waals surface area contributed by atoms with E-state index in [4.69, 9.17) is 19.2 Å². The van der Waals surface area contributed by atoms with Crippen LogP contribution in [0.2, 0.25) is 0 Å². The van der Waals surface area contributed by atoms with Gasteiger partial charge in [0.1, 0.15) is 5.75 Å². The Labute approximate surface area is 186 Å². The molecule has 2 saturated heterocycles. The highest BCUT2D eigenvalue weighted by Crippen LogP contribution is 2.38. The van der Waals surface area contributed by atoms with Crippen molar-refractivity contribution in [2.24, 2.45) is 10.4 Å². The van der Waals surface area contributed by atoms with Crippen LogP contribution in [-0.4, -0.2) is 64.0 Å². The van der Waals surface area contributed by atoms with Crippen molar-refractivity contribution < 1.29 is 14.2 Å². The van der Waals surface area contributed by atoms with Crippen LogP contribution in [0.15, 0.2) is 29.3 Å². The van der Waals surface area contributed by atoms with E-state index in [2.05, 4.69) is 17.1 Å². The summed E-state index contributed by atoms with van der Waals surface area (Å²) in [5, 5.41) is 3.44. The Morgan fingerprint density at radius 3 is 2.79 bits per heavy atom. The Morgan fingerprint density at radius 1 is 1.29 bits per heavy atom. The predicted octanol–water partition coefficient (Wildman–Crippen LogP) is 3.30. The van der Waals surface area contributed by atoms with Crippen molar-refractivity contribution in [2.45, 2.75) is 32.8 Å². The van der Waals surface area contributed by atoms with Crippen molar-refractivity contribution in [3.05, 3.63) is 29.8 Å². The number of methoxy groups -OCH3 is 1. The molecule has 28 heavy (non-hydrogen) atoms. The summed E-state index contributed by atoms with van der Waals surface area (Å²) < 4.78 is 16.6. The number of ether oxygens (including phenoxy) is 3. The van der Waals surface area contributed by atoms with Crippen LogP contribution in [-0.2, 0) is 16.1 Å². The van der Waals surface area contributed by atoms with Crippen LogP contribution in [0.1, 0.15) is 31.7 Å². The van der Waals surface area contributed by atoms with E-state index in [-0.39, 0.29) is 24.0 Å². The first kappa shape index (κ1) is 23.2. The molecule has 0 aliphatic carbocycles. The number of aliphatic imine (C=N–C) groups is 1. The maximum absolute atomic E-state index is 5.78. The van der Waals surface area contributed by atoms with Crippen molar-refractivity contribution in [2.75, 3.05) is 53.1 Å². The Bertz CT molecular complexity index is 603. The van der Waals surface area contributed by atoms with Gasteiger partial charge in [0.15, 0.2) is 5.96 Å². The second-order valence-electron chi connectivity index (χ2n) is 7.46. The van der Waals surface area contributed by atoms with E-state index >= 15 is 0 Å². The summed E-state index contributed by atoms with van der Waals surface area (Å²) in [7, 11) is 1.68. The van der Waals surface area contributed by atoms with Crippen LogP contribution in [0.5, 0.6) is 5.75 Å². The number of rotatable bonds is 8. The lowest BCUT2D eigenvalue weighted by molar-refractivity contribution is 0.120. The van der Waals surface area contributed by atoms with Gasteiger partial charge in [-0.1, -0.05) is 12.1 Å². The Hall–Kier alpha value is -1.06. The van der Waals surface area contributed by atoms with E-state index in [0.29, 0.717) is 18.6 Å². The highest BCUT2D eigenvalue weighted by atomic mass is 127. The van der Waals surface area contributed by atoms with E-state index in [1.165, 1.54) is 12.8 Å². The molecule has 2 fully saturated rings. The molecule has 158 valence electrons. The van der Waals surface area contributed by atoms with Crippen LogP contribution in [0, 0.1) is 5.41 Å². The molecule has 0 radical (unpaired) electrons. The predicted molar refractivity (Wildman–Crippen MR) is 123 cm³/mol. The van der Waals surface area contributed by atoms with E-state index in [1.807, 2.05) is 24.3 Å². The standard InChI is InChI=1S/C21H33N3O3.HI/c1-3-22-20(24-12-9-21(16-24)10-14-27-17-21)23-11-4-13-26-15-18-5-7-19(25-2)8-6-18;/h5-8H,3-4,9-17H2,1-2H3,(H,22,23);1H. The SMILES string of the molecule is CCNC(=NCCCOCc1ccc(OC)cc1)N1CCC2(CCOC2)C1.I. The van der Waals surface area contributed by atoms with Gasteiger partial charge in [0.25, 0.3) is 0 Å². The van der Waals surface area contributed by atoms with Gasteiger partial charge in [-0.15, -0.1) is 24.0 Å². The number of hydrogen-bond acceptors (Lipinski definition) is 4. The van der Waals surface area contributed by atoms with Crippen LogP contribution >= 0.6 is 24.0 Å². The maximum atomic E-state index is 5.78. The minimum absolute atomic E-state index is 0. The quantitative estimate of drug-likeness (QED) is 0.256. The molecule has 2 aliphatic rings. The molecule has 1 aromatic carbocycles. The molecule has 0 bridgehead atoms. The summed E-state index contributed by atoms with van der Waals surface area (Å²) in [6.07, 6.45) is 3.32. The van der Waals surface area contributed by atoms with E-state index in [9.17, 15) is 0 Å². The van der Waals surface area contributed by atoms with Gasteiger partial charge in [0.2, 0.25) is 0 Å². The van der Waals surface area contributed by atoms with E-state index in [1.54, 1.807) is 7.11 Å². The van der Waals surface area contributed by atoms with Gasteiger partial charge >= 0.3 is 0 Å². The number of guanidine groups is 1. The Balaban J connectivity index is 0.00000280. The van der Waals surface area contributed by atoms with E-state index in [0.717, 1.165) is 63.1 Å². The third-order valence-electron chi connectivity index (χ3n) is 5.39. The molecule has 7 heteroatoms. The van der Waals surface area contributed by atoms with Crippen LogP contribution in [0.3, 0.4) is 0 Å². The summed E-state index contributed by atoms with van der Waals surface area (Å²) >= 11 is 0. The average Bonchev–Trinajstić information content (AvgIpc) is 3.34.